The second-order valence-corrected chi connectivity index (χ2v) is 9.71. The Morgan fingerprint density at radius 3 is 2.80 bits per heavy atom. The van der Waals surface area contributed by atoms with Gasteiger partial charge in [0.25, 0.3) is 11.1 Å². The number of thioether (sulfide) groups is 1. The molecule has 1 N–H and O–H groups in total. The molecular weight excluding hydrogens is 440 g/mol. The average molecular weight is 461 g/mol. The van der Waals surface area contributed by atoms with Crippen molar-refractivity contribution in [3.05, 3.63) is 60.2 Å². The maximum Gasteiger partial charge on any atom is 0.263 e. The predicted octanol–water partition coefficient (Wildman–Crippen LogP) is 5.06. The van der Waals surface area contributed by atoms with Crippen molar-refractivity contribution in [2.24, 2.45) is 0 Å². The van der Waals surface area contributed by atoms with Crippen LogP contribution in [0.2, 0.25) is 5.02 Å². The molecule has 9 heteroatoms. The van der Waals surface area contributed by atoms with Crippen LogP contribution in [0.25, 0.3) is 21.1 Å². The molecule has 0 saturated heterocycles. The number of hydrogen-bond acceptors (Lipinski definition) is 6. The minimum Gasteiger partial charge on any atom is -0.309 e. The standard InChI is InChI=1S/C21H21ClN4O2S2/c1-4-5-8-26-20(28)17-11(2)12(3)30-19(17)25-21(26)29-10-16-23-15-9-13(22)6-7-14(15)18(27)24-16/h6-7,9H,4-5,8,10H2,1-3H3,(H,23,24,27). The van der Waals surface area contributed by atoms with Gasteiger partial charge in [0.05, 0.1) is 22.0 Å². The van der Waals surface area contributed by atoms with E-state index in [4.69, 9.17) is 16.6 Å². The largest absolute Gasteiger partial charge is 0.309 e. The van der Waals surface area contributed by atoms with Crippen molar-refractivity contribution in [3.63, 3.8) is 0 Å². The van der Waals surface area contributed by atoms with E-state index in [0.717, 1.165) is 28.1 Å². The molecule has 6 nitrogen and oxygen atoms in total. The van der Waals surface area contributed by atoms with Gasteiger partial charge in [-0.1, -0.05) is 36.7 Å². The SMILES string of the molecule is CCCCn1c(SCc2nc3cc(Cl)ccc3c(=O)[nH]2)nc2sc(C)c(C)c2c1=O. The molecule has 156 valence electrons. The molecule has 3 heterocycles. The zero-order chi connectivity index (χ0) is 21.4. The summed E-state index contributed by atoms with van der Waals surface area (Å²) in [5.41, 5.74) is 1.36. The molecule has 0 atom stereocenters. The minimum absolute atomic E-state index is 0.00421. The fraction of sp³-hybridized carbons (Fsp3) is 0.333. The van der Waals surface area contributed by atoms with E-state index < -0.39 is 0 Å². The van der Waals surface area contributed by atoms with Crippen molar-refractivity contribution in [2.75, 3.05) is 0 Å². The highest BCUT2D eigenvalue weighted by Crippen LogP contribution is 2.29. The normalized spacial score (nSPS) is 11.6. The van der Waals surface area contributed by atoms with Gasteiger partial charge in [-0.3, -0.25) is 14.2 Å². The maximum atomic E-state index is 13.2. The molecule has 0 radical (unpaired) electrons. The van der Waals surface area contributed by atoms with Crippen LogP contribution in [0, 0.1) is 13.8 Å². The molecule has 0 bridgehead atoms. The number of rotatable bonds is 6. The van der Waals surface area contributed by atoms with Gasteiger partial charge in [-0.15, -0.1) is 11.3 Å². The highest BCUT2D eigenvalue weighted by Gasteiger charge is 2.17. The van der Waals surface area contributed by atoms with Gasteiger partial charge in [-0.05, 0) is 44.0 Å². The molecule has 0 saturated carbocycles. The van der Waals surface area contributed by atoms with E-state index in [1.54, 1.807) is 34.1 Å². The number of hydrogen-bond donors (Lipinski definition) is 1. The van der Waals surface area contributed by atoms with E-state index in [1.165, 1.54) is 11.8 Å². The minimum atomic E-state index is -0.205. The lowest BCUT2D eigenvalue weighted by Crippen LogP contribution is -2.23. The summed E-state index contributed by atoms with van der Waals surface area (Å²) in [5.74, 6) is 0.917. The number of thiophene rings is 1. The lowest BCUT2D eigenvalue weighted by atomic mass is 10.2. The van der Waals surface area contributed by atoms with Crippen LogP contribution in [0.4, 0.5) is 0 Å². The van der Waals surface area contributed by atoms with Gasteiger partial charge in [0.2, 0.25) is 0 Å². The number of unbranched alkanes of at least 4 members (excludes halogenated alkanes) is 1. The lowest BCUT2D eigenvalue weighted by molar-refractivity contribution is 0.558. The van der Waals surface area contributed by atoms with Crippen LogP contribution in [0.3, 0.4) is 0 Å². The van der Waals surface area contributed by atoms with Crippen molar-refractivity contribution in [1.29, 1.82) is 0 Å². The fourth-order valence-corrected chi connectivity index (χ4v) is 5.43. The number of aromatic nitrogens is 4. The third-order valence-electron chi connectivity index (χ3n) is 5.04. The second kappa shape index (κ2) is 8.53. The van der Waals surface area contributed by atoms with Crippen LogP contribution >= 0.6 is 34.7 Å². The van der Waals surface area contributed by atoms with Gasteiger partial charge in [-0.2, -0.15) is 0 Å². The number of nitrogens with zero attached hydrogens (tertiary/aromatic N) is 3. The summed E-state index contributed by atoms with van der Waals surface area (Å²) in [4.78, 5) is 39.6. The fourth-order valence-electron chi connectivity index (χ4n) is 3.29. The second-order valence-electron chi connectivity index (χ2n) is 7.13. The van der Waals surface area contributed by atoms with E-state index in [-0.39, 0.29) is 11.1 Å². The van der Waals surface area contributed by atoms with Crippen molar-refractivity contribution in [2.45, 2.75) is 51.1 Å². The van der Waals surface area contributed by atoms with Crippen LogP contribution in [-0.4, -0.2) is 19.5 Å². The zero-order valence-corrected chi connectivity index (χ0v) is 19.3. The van der Waals surface area contributed by atoms with Crippen LogP contribution < -0.4 is 11.1 Å². The maximum absolute atomic E-state index is 13.2. The summed E-state index contributed by atoms with van der Waals surface area (Å²) in [6, 6.07) is 5.02. The van der Waals surface area contributed by atoms with Crippen molar-refractivity contribution >= 4 is 55.8 Å². The van der Waals surface area contributed by atoms with Gasteiger partial charge in [0.1, 0.15) is 10.7 Å². The lowest BCUT2D eigenvalue weighted by Gasteiger charge is -2.12. The van der Waals surface area contributed by atoms with Gasteiger partial charge in [0.15, 0.2) is 5.16 Å². The molecule has 3 aromatic heterocycles. The molecular formula is C21H21ClN4O2S2. The molecule has 0 unspecified atom stereocenters. The molecule has 30 heavy (non-hydrogen) atoms. The first-order valence-corrected chi connectivity index (χ1v) is 11.9. The van der Waals surface area contributed by atoms with Gasteiger partial charge >= 0.3 is 0 Å². The molecule has 0 amide bonds. The van der Waals surface area contributed by atoms with Gasteiger partial charge in [0, 0.05) is 16.4 Å². The Morgan fingerprint density at radius 2 is 2.03 bits per heavy atom. The van der Waals surface area contributed by atoms with Gasteiger partial charge in [-0.25, -0.2) is 9.97 Å². The van der Waals surface area contributed by atoms with Crippen LogP contribution in [0.15, 0.2) is 32.9 Å². The number of fused-ring (bicyclic) bond motifs is 2. The first-order valence-electron chi connectivity index (χ1n) is 9.70. The average Bonchev–Trinajstić information content (AvgIpc) is 2.99. The predicted molar refractivity (Wildman–Crippen MR) is 125 cm³/mol. The first-order chi connectivity index (χ1) is 14.4. The zero-order valence-electron chi connectivity index (χ0n) is 16.9. The molecule has 4 aromatic rings. The topological polar surface area (TPSA) is 80.6 Å². The summed E-state index contributed by atoms with van der Waals surface area (Å²) >= 11 is 9.00. The molecule has 1 aromatic carbocycles. The summed E-state index contributed by atoms with van der Waals surface area (Å²) in [6.45, 7) is 6.70. The van der Waals surface area contributed by atoms with E-state index >= 15 is 0 Å². The Labute approximate surface area is 186 Å². The highest BCUT2D eigenvalue weighted by molar-refractivity contribution is 7.98. The number of aryl methyl sites for hydroxylation is 2. The Kier molecular flexibility index (Phi) is 5.99. The number of nitrogens with one attached hydrogen (secondary N) is 1. The van der Waals surface area contributed by atoms with E-state index in [1.807, 2.05) is 13.8 Å². The monoisotopic (exact) mass is 460 g/mol. The Hall–Kier alpha value is -2.16. The summed E-state index contributed by atoms with van der Waals surface area (Å²) in [5, 5.41) is 2.39. The van der Waals surface area contributed by atoms with Gasteiger partial charge < -0.3 is 4.98 Å². The highest BCUT2D eigenvalue weighted by atomic mass is 35.5. The smallest absolute Gasteiger partial charge is 0.263 e. The first kappa shape index (κ1) is 21.1. The molecule has 0 aliphatic carbocycles. The van der Waals surface area contributed by atoms with Crippen molar-refractivity contribution in [3.8, 4) is 0 Å². The Morgan fingerprint density at radius 1 is 1.23 bits per heavy atom. The van der Waals surface area contributed by atoms with Crippen molar-refractivity contribution < 1.29 is 0 Å². The third-order valence-corrected chi connectivity index (χ3v) is 7.37. The molecule has 0 aliphatic rings. The molecule has 4 rings (SSSR count). The summed E-state index contributed by atoms with van der Waals surface area (Å²) < 4.78 is 1.76. The van der Waals surface area contributed by atoms with E-state index in [0.29, 0.717) is 44.6 Å². The van der Waals surface area contributed by atoms with E-state index in [9.17, 15) is 9.59 Å². The van der Waals surface area contributed by atoms with Crippen molar-refractivity contribution in [1.82, 2.24) is 19.5 Å². The summed E-state index contributed by atoms with van der Waals surface area (Å²) in [6.07, 6.45) is 1.88. The van der Waals surface area contributed by atoms with Crippen LogP contribution in [-0.2, 0) is 12.3 Å². The Balaban J connectivity index is 1.73. The Bertz CT molecular complexity index is 1370. The number of benzene rings is 1. The van der Waals surface area contributed by atoms with Crippen LogP contribution in [0.1, 0.15) is 36.0 Å². The van der Waals surface area contributed by atoms with E-state index in [2.05, 4.69) is 16.9 Å². The third kappa shape index (κ3) is 3.91. The molecule has 0 fully saturated rings. The number of H-pyrrole nitrogens is 1. The number of halogens is 1. The molecule has 0 aliphatic heterocycles. The number of aromatic amines is 1. The molecule has 0 spiro atoms. The van der Waals surface area contributed by atoms with Crippen LogP contribution in [0.5, 0.6) is 0 Å². The quantitative estimate of drug-likeness (QED) is 0.321. The summed E-state index contributed by atoms with van der Waals surface area (Å²) in [7, 11) is 0.